The molecule has 1 atom stereocenters. The zero-order valence-electron chi connectivity index (χ0n) is 9.66. The minimum absolute atomic E-state index is 0.148. The maximum atomic E-state index is 11.1. The SMILES string of the molecule is C=CC(=O)NCCCCCC(=O)NC(C)O. The molecule has 0 aromatic carbocycles. The Labute approximate surface area is 95.9 Å². The highest BCUT2D eigenvalue weighted by Gasteiger charge is 2.03. The van der Waals surface area contributed by atoms with Crippen molar-refractivity contribution in [2.75, 3.05) is 6.54 Å². The highest BCUT2D eigenvalue weighted by Crippen LogP contribution is 1.99. The normalized spacial score (nSPS) is 11.6. The van der Waals surface area contributed by atoms with Crippen molar-refractivity contribution in [3.8, 4) is 0 Å². The molecule has 5 heteroatoms. The molecule has 0 saturated heterocycles. The van der Waals surface area contributed by atoms with Crippen LogP contribution in [0.5, 0.6) is 0 Å². The fourth-order valence-electron chi connectivity index (χ4n) is 1.18. The van der Waals surface area contributed by atoms with Crippen LogP contribution in [0, 0.1) is 0 Å². The Hall–Kier alpha value is -1.36. The fourth-order valence-corrected chi connectivity index (χ4v) is 1.18. The predicted octanol–water partition coefficient (Wildman–Crippen LogP) is 0.303. The molecule has 3 N–H and O–H groups in total. The van der Waals surface area contributed by atoms with Crippen molar-refractivity contribution in [2.45, 2.75) is 38.8 Å². The Bertz CT molecular complexity index is 239. The second-order valence-corrected chi connectivity index (χ2v) is 3.55. The van der Waals surface area contributed by atoms with Gasteiger partial charge in [-0.25, -0.2) is 0 Å². The molecule has 2 amide bonds. The van der Waals surface area contributed by atoms with Crippen molar-refractivity contribution in [3.05, 3.63) is 12.7 Å². The van der Waals surface area contributed by atoms with E-state index >= 15 is 0 Å². The van der Waals surface area contributed by atoms with Crippen LogP contribution in [0.3, 0.4) is 0 Å². The zero-order chi connectivity index (χ0) is 12.4. The highest BCUT2D eigenvalue weighted by molar-refractivity contribution is 5.86. The van der Waals surface area contributed by atoms with Crippen LogP contribution in [0.2, 0.25) is 0 Å². The molecule has 0 aromatic rings. The minimum Gasteiger partial charge on any atom is -0.374 e. The van der Waals surface area contributed by atoms with Crippen LogP contribution in [-0.2, 0) is 9.59 Å². The standard InChI is InChI=1S/C11H20N2O3/c1-3-10(15)12-8-6-4-5-7-11(16)13-9(2)14/h3,9,14H,1,4-8H2,2H3,(H,12,15)(H,13,16). The van der Waals surface area contributed by atoms with E-state index in [-0.39, 0.29) is 11.8 Å². The molecule has 0 heterocycles. The average molecular weight is 228 g/mol. The Kier molecular flexibility index (Phi) is 8.15. The molecular formula is C11H20N2O3. The molecule has 92 valence electrons. The van der Waals surface area contributed by atoms with Crippen LogP contribution in [0.25, 0.3) is 0 Å². The zero-order valence-corrected chi connectivity index (χ0v) is 9.66. The summed E-state index contributed by atoms with van der Waals surface area (Å²) in [7, 11) is 0. The van der Waals surface area contributed by atoms with Gasteiger partial charge in [-0.3, -0.25) is 9.59 Å². The van der Waals surface area contributed by atoms with Gasteiger partial charge < -0.3 is 15.7 Å². The number of aliphatic hydroxyl groups excluding tert-OH is 1. The van der Waals surface area contributed by atoms with Gasteiger partial charge in [-0.05, 0) is 25.8 Å². The number of rotatable bonds is 8. The maximum absolute atomic E-state index is 11.1. The van der Waals surface area contributed by atoms with E-state index in [0.717, 1.165) is 19.3 Å². The molecule has 0 spiro atoms. The number of carbonyl (C=O) groups excluding carboxylic acids is 2. The highest BCUT2D eigenvalue weighted by atomic mass is 16.3. The molecule has 0 aromatic heterocycles. The molecule has 0 fully saturated rings. The van der Waals surface area contributed by atoms with E-state index in [1.807, 2.05) is 0 Å². The van der Waals surface area contributed by atoms with Crippen molar-refractivity contribution in [1.29, 1.82) is 0 Å². The number of amides is 2. The molecular weight excluding hydrogens is 208 g/mol. The van der Waals surface area contributed by atoms with Crippen molar-refractivity contribution >= 4 is 11.8 Å². The summed E-state index contributed by atoms with van der Waals surface area (Å²) in [5.74, 6) is -0.322. The lowest BCUT2D eigenvalue weighted by Crippen LogP contribution is -2.31. The van der Waals surface area contributed by atoms with E-state index in [1.54, 1.807) is 0 Å². The van der Waals surface area contributed by atoms with Crippen LogP contribution in [0.1, 0.15) is 32.6 Å². The molecule has 0 bridgehead atoms. The molecule has 0 aliphatic carbocycles. The molecule has 16 heavy (non-hydrogen) atoms. The van der Waals surface area contributed by atoms with Gasteiger partial charge in [0.1, 0.15) is 6.23 Å². The summed E-state index contributed by atoms with van der Waals surface area (Å²) in [6.45, 7) is 5.44. The molecule has 0 saturated carbocycles. The molecule has 5 nitrogen and oxygen atoms in total. The van der Waals surface area contributed by atoms with Gasteiger partial charge in [0.25, 0.3) is 0 Å². The number of aliphatic hydroxyl groups is 1. The third-order valence-corrected chi connectivity index (χ3v) is 1.94. The van der Waals surface area contributed by atoms with E-state index in [2.05, 4.69) is 17.2 Å². The van der Waals surface area contributed by atoms with Gasteiger partial charge in [0.15, 0.2) is 0 Å². The Morgan fingerprint density at radius 3 is 2.62 bits per heavy atom. The number of nitrogens with one attached hydrogen (secondary N) is 2. The molecule has 0 aliphatic rings. The lowest BCUT2D eigenvalue weighted by Gasteiger charge is -2.07. The number of carbonyl (C=O) groups is 2. The van der Waals surface area contributed by atoms with Crippen molar-refractivity contribution in [2.24, 2.45) is 0 Å². The summed E-state index contributed by atoms with van der Waals surface area (Å²) in [6.07, 6.45) is 3.30. The summed E-state index contributed by atoms with van der Waals surface area (Å²) in [6, 6.07) is 0. The Morgan fingerprint density at radius 1 is 1.38 bits per heavy atom. The topological polar surface area (TPSA) is 78.4 Å². The van der Waals surface area contributed by atoms with Crippen LogP contribution in [0.4, 0.5) is 0 Å². The van der Waals surface area contributed by atoms with E-state index in [1.165, 1.54) is 13.0 Å². The molecule has 1 unspecified atom stereocenters. The minimum atomic E-state index is -0.792. The van der Waals surface area contributed by atoms with Gasteiger partial charge >= 0.3 is 0 Å². The molecule has 0 aliphatic heterocycles. The van der Waals surface area contributed by atoms with Gasteiger partial charge in [-0.2, -0.15) is 0 Å². The van der Waals surface area contributed by atoms with Gasteiger partial charge in [0, 0.05) is 13.0 Å². The van der Waals surface area contributed by atoms with Crippen molar-refractivity contribution in [3.63, 3.8) is 0 Å². The third kappa shape index (κ3) is 9.21. The summed E-state index contributed by atoms with van der Waals surface area (Å²) in [4.78, 5) is 21.8. The number of hydrogen-bond acceptors (Lipinski definition) is 3. The first-order valence-electron chi connectivity index (χ1n) is 5.44. The summed E-state index contributed by atoms with van der Waals surface area (Å²) in [5.41, 5.74) is 0. The Balaban J connectivity index is 3.30. The summed E-state index contributed by atoms with van der Waals surface area (Å²) in [5, 5.41) is 13.9. The lowest BCUT2D eigenvalue weighted by molar-refractivity contribution is -0.123. The maximum Gasteiger partial charge on any atom is 0.243 e. The largest absolute Gasteiger partial charge is 0.374 e. The van der Waals surface area contributed by atoms with Crippen molar-refractivity contribution in [1.82, 2.24) is 10.6 Å². The third-order valence-electron chi connectivity index (χ3n) is 1.94. The summed E-state index contributed by atoms with van der Waals surface area (Å²) < 4.78 is 0. The van der Waals surface area contributed by atoms with E-state index in [4.69, 9.17) is 5.11 Å². The van der Waals surface area contributed by atoms with Gasteiger partial charge in [0.05, 0.1) is 0 Å². The molecule has 0 rings (SSSR count). The van der Waals surface area contributed by atoms with Crippen LogP contribution in [-0.4, -0.2) is 29.7 Å². The first kappa shape index (κ1) is 14.6. The smallest absolute Gasteiger partial charge is 0.243 e. The van der Waals surface area contributed by atoms with Crippen LogP contribution >= 0.6 is 0 Å². The Morgan fingerprint density at radius 2 is 2.06 bits per heavy atom. The van der Waals surface area contributed by atoms with Gasteiger partial charge in [-0.15, -0.1) is 0 Å². The van der Waals surface area contributed by atoms with E-state index in [0.29, 0.717) is 13.0 Å². The van der Waals surface area contributed by atoms with Gasteiger partial charge in [-0.1, -0.05) is 13.0 Å². The summed E-state index contributed by atoms with van der Waals surface area (Å²) >= 11 is 0. The second-order valence-electron chi connectivity index (χ2n) is 3.55. The van der Waals surface area contributed by atoms with Crippen molar-refractivity contribution < 1.29 is 14.7 Å². The average Bonchev–Trinajstić information content (AvgIpc) is 2.21. The first-order valence-corrected chi connectivity index (χ1v) is 5.44. The first-order chi connectivity index (χ1) is 7.56. The van der Waals surface area contributed by atoms with E-state index in [9.17, 15) is 9.59 Å². The monoisotopic (exact) mass is 228 g/mol. The lowest BCUT2D eigenvalue weighted by atomic mass is 10.2. The fraction of sp³-hybridized carbons (Fsp3) is 0.636. The number of hydrogen-bond donors (Lipinski definition) is 3. The van der Waals surface area contributed by atoms with Crippen LogP contribution < -0.4 is 10.6 Å². The quantitative estimate of drug-likeness (QED) is 0.318. The second kappa shape index (κ2) is 8.91. The predicted molar refractivity (Wildman–Crippen MR) is 61.5 cm³/mol. The number of unbranched alkanes of at least 4 members (excludes halogenated alkanes) is 2. The van der Waals surface area contributed by atoms with Gasteiger partial charge in [0.2, 0.25) is 11.8 Å². The molecule has 0 radical (unpaired) electrons. The van der Waals surface area contributed by atoms with Crippen LogP contribution in [0.15, 0.2) is 12.7 Å². The van der Waals surface area contributed by atoms with E-state index < -0.39 is 6.23 Å².